The van der Waals surface area contributed by atoms with Crippen molar-refractivity contribution in [3.05, 3.63) is 0 Å². The second-order valence-electron chi connectivity index (χ2n) is 2.87. The van der Waals surface area contributed by atoms with Crippen LogP contribution in [0.4, 0.5) is 0 Å². The second-order valence-corrected chi connectivity index (χ2v) is 2.87. The van der Waals surface area contributed by atoms with Crippen LogP contribution < -0.4 is 0 Å². The molecule has 0 radical (unpaired) electrons. The highest BCUT2D eigenvalue weighted by Crippen LogP contribution is 1.83. The molecule has 2 nitrogen and oxygen atoms in total. The molecule has 80 valence electrons. The van der Waals surface area contributed by atoms with Gasteiger partial charge in [0.05, 0.1) is 0 Å². The predicted molar refractivity (Wildman–Crippen MR) is 59.1 cm³/mol. The molecule has 13 heavy (non-hydrogen) atoms. The second kappa shape index (κ2) is 11.6. The smallest absolute Gasteiger partial charge is 0.132 e. The monoisotopic (exact) mass is 187 g/mol. The van der Waals surface area contributed by atoms with Gasteiger partial charge in [0, 0.05) is 12.8 Å². The third kappa shape index (κ3) is 11.6. The highest BCUT2D eigenvalue weighted by atomic mass is 16.1. The van der Waals surface area contributed by atoms with Gasteiger partial charge in [-0.3, -0.25) is 4.79 Å². The van der Waals surface area contributed by atoms with Gasteiger partial charge in [0.2, 0.25) is 0 Å². The molecular weight excluding hydrogens is 162 g/mol. The topological polar surface area (TPSA) is 20.3 Å². The molecule has 0 spiro atoms. The number of rotatable bonds is 5. The molecule has 0 N–H and O–H groups in total. The van der Waals surface area contributed by atoms with Gasteiger partial charge in [0.15, 0.2) is 0 Å². The van der Waals surface area contributed by atoms with Crippen LogP contribution >= 0.6 is 0 Å². The summed E-state index contributed by atoms with van der Waals surface area (Å²) in [7, 11) is 0. The van der Waals surface area contributed by atoms with Crippen LogP contribution in [-0.2, 0) is 4.79 Å². The van der Waals surface area contributed by atoms with E-state index in [1.807, 2.05) is 13.8 Å². The van der Waals surface area contributed by atoms with Gasteiger partial charge in [-0.15, -0.1) is 0 Å². The lowest BCUT2D eigenvalue weighted by Crippen LogP contribution is -2.21. The van der Waals surface area contributed by atoms with Gasteiger partial charge in [-0.1, -0.05) is 34.6 Å². The van der Waals surface area contributed by atoms with Crippen LogP contribution in [0.3, 0.4) is 0 Å². The summed E-state index contributed by atoms with van der Waals surface area (Å²) in [5.74, 6) is 0.343. The van der Waals surface area contributed by atoms with Crippen LogP contribution in [-0.4, -0.2) is 30.3 Å². The average molecular weight is 187 g/mol. The SMILES string of the molecule is CCC(=O)CC.CCN(CC)CC. The van der Waals surface area contributed by atoms with E-state index in [1.54, 1.807) is 0 Å². The Kier molecular flexibility index (Phi) is 13.5. The van der Waals surface area contributed by atoms with Crippen molar-refractivity contribution < 1.29 is 4.79 Å². The first-order valence-electron chi connectivity index (χ1n) is 5.40. The number of carbonyl (C=O) groups is 1. The van der Waals surface area contributed by atoms with Crippen molar-refractivity contribution in [2.24, 2.45) is 0 Å². The summed E-state index contributed by atoms with van der Waals surface area (Å²) in [6.45, 7) is 13.9. The van der Waals surface area contributed by atoms with Crippen LogP contribution in [0, 0.1) is 0 Å². The van der Waals surface area contributed by atoms with Crippen LogP contribution in [0.1, 0.15) is 47.5 Å². The Morgan fingerprint density at radius 1 is 0.846 bits per heavy atom. The molecule has 0 heterocycles. The first-order valence-corrected chi connectivity index (χ1v) is 5.40. The zero-order valence-corrected chi connectivity index (χ0v) is 9.89. The van der Waals surface area contributed by atoms with Crippen LogP contribution in [0.15, 0.2) is 0 Å². The van der Waals surface area contributed by atoms with Gasteiger partial charge in [0.1, 0.15) is 5.78 Å². The van der Waals surface area contributed by atoms with Gasteiger partial charge >= 0.3 is 0 Å². The molecule has 0 rings (SSSR count). The number of nitrogens with zero attached hydrogens (tertiary/aromatic N) is 1. The zero-order valence-electron chi connectivity index (χ0n) is 9.89. The first-order chi connectivity index (χ1) is 6.15. The van der Waals surface area contributed by atoms with E-state index in [2.05, 4.69) is 25.7 Å². The molecule has 0 amide bonds. The summed E-state index contributed by atoms with van der Waals surface area (Å²) in [5.41, 5.74) is 0. The van der Waals surface area contributed by atoms with Gasteiger partial charge in [-0.25, -0.2) is 0 Å². The molecule has 0 fully saturated rings. The minimum atomic E-state index is 0.343. The van der Waals surface area contributed by atoms with Crippen molar-refractivity contribution in [2.75, 3.05) is 19.6 Å². The molecule has 0 saturated heterocycles. The van der Waals surface area contributed by atoms with E-state index in [0.29, 0.717) is 18.6 Å². The first kappa shape index (κ1) is 15.1. The van der Waals surface area contributed by atoms with Crippen molar-refractivity contribution in [1.82, 2.24) is 4.90 Å². The lowest BCUT2D eigenvalue weighted by molar-refractivity contribution is -0.118. The van der Waals surface area contributed by atoms with Gasteiger partial charge in [-0.05, 0) is 19.6 Å². The number of ketones is 1. The summed E-state index contributed by atoms with van der Waals surface area (Å²) in [6, 6.07) is 0. The summed E-state index contributed by atoms with van der Waals surface area (Å²) in [5, 5.41) is 0. The summed E-state index contributed by atoms with van der Waals surface area (Å²) in [4.78, 5) is 12.6. The number of hydrogen-bond acceptors (Lipinski definition) is 2. The summed E-state index contributed by atoms with van der Waals surface area (Å²) < 4.78 is 0. The minimum absolute atomic E-state index is 0.343. The normalized spacial score (nSPS) is 9.38. The third-order valence-corrected chi connectivity index (χ3v) is 2.13. The Labute approximate surface area is 83.3 Å². The minimum Gasteiger partial charge on any atom is -0.304 e. The van der Waals surface area contributed by atoms with Crippen molar-refractivity contribution in [1.29, 1.82) is 0 Å². The fourth-order valence-corrected chi connectivity index (χ4v) is 0.921. The van der Waals surface area contributed by atoms with E-state index < -0.39 is 0 Å². The van der Waals surface area contributed by atoms with Crippen molar-refractivity contribution >= 4 is 5.78 Å². The van der Waals surface area contributed by atoms with Crippen LogP contribution in [0.2, 0.25) is 0 Å². The zero-order chi connectivity index (χ0) is 10.7. The summed E-state index contributed by atoms with van der Waals surface area (Å²) in [6.07, 6.45) is 1.38. The maximum Gasteiger partial charge on any atom is 0.132 e. The molecule has 0 aromatic heterocycles. The Morgan fingerprint density at radius 2 is 1.15 bits per heavy atom. The highest BCUT2D eigenvalue weighted by Gasteiger charge is 1.89. The molecule has 0 aliphatic carbocycles. The van der Waals surface area contributed by atoms with Crippen LogP contribution in [0.25, 0.3) is 0 Å². The molecule has 0 atom stereocenters. The van der Waals surface area contributed by atoms with E-state index >= 15 is 0 Å². The van der Waals surface area contributed by atoms with E-state index in [0.717, 1.165) is 0 Å². The van der Waals surface area contributed by atoms with E-state index in [4.69, 9.17) is 0 Å². The summed E-state index contributed by atoms with van der Waals surface area (Å²) >= 11 is 0. The highest BCUT2D eigenvalue weighted by molar-refractivity contribution is 5.77. The lowest BCUT2D eigenvalue weighted by Gasteiger charge is -2.13. The van der Waals surface area contributed by atoms with E-state index in [1.165, 1.54) is 19.6 Å². The largest absolute Gasteiger partial charge is 0.304 e. The van der Waals surface area contributed by atoms with Crippen LogP contribution in [0.5, 0.6) is 0 Å². The Morgan fingerprint density at radius 3 is 1.15 bits per heavy atom. The average Bonchev–Trinajstić information content (AvgIpc) is 2.20. The molecular formula is C11H25NO. The Balaban J connectivity index is 0. The molecule has 0 unspecified atom stereocenters. The van der Waals surface area contributed by atoms with Gasteiger partial charge in [-0.2, -0.15) is 0 Å². The standard InChI is InChI=1S/C6H15N.C5H10O/c1-4-7(5-2)6-3;1-3-5(6)4-2/h4-6H2,1-3H3;3-4H2,1-2H3. The van der Waals surface area contributed by atoms with Crippen molar-refractivity contribution in [2.45, 2.75) is 47.5 Å². The fourth-order valence-electron chi connectivity index (χ4n) is 0.921. The number of hydrogen-bond donors (Lipinski definition) is 0. The van der Waals surface area contributed by atoms with Gasteiger partial charge in [0.25, 0.3) is 0 Å². The molecule has 0 aromatic rings. The fraction of sp³-hybridized carbons (Fsp3) is 0.909. The number of carbonyl (C=O) groups excluding carboxylic acids is 1. The third-order valence-electron chi connectivity index (χ3n) is 2.13. The maximum atomic E-state index is 10.2. The quantitative estimate of drug-likeness (QED) is 0.659. The Hall–Kier alpha value is -0.370. The molecule has 0 aliphatic rings. The lowest BCUT2D eigenvalue weighted by atomic mass is 10.3. The van der Waals surface area contributed by atoms with E-state index in [-0.39, 0.29) is 0 Å². The maximum absolute atomic E-state index is 10.2. The predicted octanol–water partition coefficient (Wildman–Crippen LogP) is 2.72. The number of Topliss-reactive ketones (excluding diaryl/α,β-unsaturated/α-hetero) is 1. The van der Waals surface area contributed by atoms with Crippen molar-refractivity contribution in [3.8, 4) is 0 Å². The molecule has 0 bridgehead atoms. The molecule has 0 saturated carbocycles. The molecule has 0 aliphatic heterocycles. The molecule has 2 heteroatoms. The molecule has 0 aromatic carbocycles. The van der Waals surface area contributed by atoms with E-state index in [9.17, 15) is 4.79 Å². The van der Waals surface area contributed by atoms with Gasteiger partial charge < -0.3 is 4.90 Å². The van der Waals surface area contributed by atoms with Crippen molar-refractivity contribution in [3.63, 3.8) is 0 Å². The Bertz CT molecular complexity index is 97.1.